The van der Waals surface area contributed by atoms with E-state index in [0.717, 1.165) is 0 Å². The number of halogens is 1. The van der Waals surface area contributed by atoms with Crippen molar-refractivity contribution in [3.05, 3.63) is 58.9 Å². The van der Waals surface area contributed by atoms with Gasteiger partial charge in [-0.15, -0.1) is 0 Å². The van der Waals surface area contributed by atoms with Crippen molar-refractivity contribution in [2.24, 2.45) is 10.7 Å². The van der Waals surface area contributed by atoms with Gasteiger partial charge in [-0.2, -0.15) is 0 Å². The van der Waals surface area contributed by atoms with E-state index >= 15 is 0 Å². The van der Waals surface area contributed by atoms with Crippen molar-refractivity contribution < 1.29 is 28.2 Å². The van der Waals surface area contributed by atoms with Gasteiger partial charge in [0.15, 0.2) is 5.96 Å². The summed E-state index contributed by atoms with van der Waals surface area (Å²) in [5, 5.41) is 3.03. The van der Waals surface area contributed by atoms with Gasteiger partial charge in [0.25, 0.3) is 5.91 Å². The number of nitrogens with zero attached hydrogens (tertiary/aromatic N) is 2. The van der Waals surface area contributed by atoms with Crippen molar-refractivity contribution in [1.82, 2.24) is 10.2 Å². The summed E-state index contributed by atoms with van der Waals surface area (Å²) in [5.74, 6) is 0.314. The van der Waals surface area contributed by atoms with Crippen molar-refractivity contribution in [3.8, 4) is 11.5 Å². The fraction of sp³-hybridized carbons (Fsp3) is 0.483. The summed E-state index contributed by atoms with van der Waals surface area (Å²) in [5.41, 5.74) is 6.55. The van der Waals surface area contributed by atoms with Crippen LogP contribution in [0.5, 0.6) is 11.5 Å². The number of hydrogen-bond acceptors (Lipinski definition) is 7. The summed E-state index contributed by atoms with van der Waals surface area (Å²) in [6, 6.07) is 8.27. The monoisotopic (exact) mass is 538 g/mol. The highest BCUT2D eigenvalue weighted by atomic mass is 19.1. The smallest absolute Gasteiger partial charge is 0.251 e. The lowest BCUT2D eigenvalue weighted by atomic mass is 9.86. The maximum Gasteiger partial charge on any atom is 0.251 e. The van der Waals surface area contributed by atoms with E-state index in [1.165, 1.54) is 24.1 Å². The Labute approximate surface area is 227 Å². The van der Waals surface area contributed by atoms with E-state index in [0.29, 0.717) is 47.6 Å². The molecule has 0 saturated heterocycles. The average molecular weight is 539 g/mol. The molecular weight excluding hydrogens is 503 g/mol. The Morgan fingerprint density at radius 2 is 1.95 bits per heavy atom. The minimum atomic E-state index is -0.787. The van der Waals surface area contributed by atoms with Crippen molar-refractivity contribution in [3.63, 3.8) is 0 Å². The minimum absolute atomic E-state index is 0.106. The molecular formula is C29H35FN4O5. The minimum Gasteiger partial charge on any atom is -0.493 e. The highest BCUT2D eigenvalue weighted by Crippen LogP contribution is 2.42. The number of ether oxygens (including phenoxy) is 3. The van der Waals surface area contributed by atoms with Crippen LogP contribution < -0.4 is 20.5 Å². The Bertz CT molecular complexity index is 1340. The molecule has 2 amide bonds. The number of fused-ring (bicyclic) bond motifs is 2. The van der Waals surface area contributed by atoms with Crippen LogP contribution >= 0.6 is 0 Å². The molecule has 0 unspecified atom stereocenters. The quantitative estimate of drug-likeness (QED) is 0.594. The van der Waals surface area contributed by atoms with E-state index in [4.69, 9.17) is 19.9 Å². The van der Waals surface area contributed by atoms with Crippen LogP contribution in [-0.4, -0.2) is 53.6 Å². The molecule has 0 fully saturated rings. The lowest BCUT2D eigenvalue weighted by Gasteiger charge is -2.44. The molecule has 5 rings (SSSR count). The molecule has 208 valence electrons. The Morgan fingerprint density at radius 1 is 1.21 bits per heavy atom. The number of rotatable bonds is 5. The normalized spacial score (nSPS) is 27.4. The SMILES string of the molecule is CC[C@]1(C)CC(=O)N([C@@H]2CCOc3ccc(C(=O)N[C@@H]4c5cc(F)ccc5OC(C)(C)[C@H]4OC)cc32)C(N)=N1. The van der Waals surface area contributed by atoms with Gasteiger partial charge in [0.05, 0.1) is 30.7 Å². The number of amides is 2. The number of hydrogen-bond donors (Lipinski definition) is 2. The van der Waals surface area contributed by atoms with Crippen LogP contribution in [0.25, 0.3) is 0 Å². The number of carbonyl (C=O) groups is 2. The fourth-order valence-electron chi connectivity index (χ4n) is 5.79. The number of nitrogens with two attached hydrogens (primary N) is 1. The van der Waals surface area contributed by atoms with Crippen LogP contribution in [0.1, 0.15) is 80.5 Å². The van der Waals surface area contributed by atoms with Gasteiger partial charge in [-0.3, -0.25) is 14.5 Å². The van der Waals surface area contributed by atoms with E-state index in [2.05, 4.69) is 10.3 Å². The molecule has 4 atom stereocenters. The fourth-order valence-corrected chi connectivity index (χ4v) is 5.79. The largest absolute Gasteiger partial charge is 0.493 e. The molecule has 0 radical (unpaired) electrons. The summed E-state index contributed by atoms with van der Waals surface area (Å²) in [4.78, 5) is 33.0. The van der Waals surface area contributed by atoms with Crippen LogP contribution in [0.4, 0.5) is 4.39 Å². The summed E-state index contributed by atoms with van der Waals surface area (Å²) in [7, 11) is 1.53. The molecule has 3 aliphatic heterocycles. The number of benzene rings is 2. The Balaban J connectivity index is 1.47. The van der Waals surface area contributed by atoms with E-state index < -0.39 is 35.1 Å². The number of carbonyl (C=O) groups excluding carboxylic acids is 2. The molecule has 0 bridgehead atoms. The molecule has 9 nitrogen and oxygen atoms in total. The van der Waals surface area contributed by atoms with E-state index in [9.17, 15) is 14.0 Å². The summed E-state index contributed by atoms with van der Waals surface area (Å²) >= 11 is 0. The van der Waals surface area contributed by atoms with Crippen LogP contribution in [0.3, 0.4) is 0 Å². The third-order valence-electron chi connectivity index (χ3n) is 7.99. The van der Waals surface area contributed by atoms with Gasteiger partial charge in [0, 0.05) is 30.2 Å². The first-order valence-electron chi connectivity index (χ1n) is 13.2. The predicted octanol–water partition coefficient (Wildman–Crippen LogP) is 4.02. The second-order valence-corrected chi connectivity index (χ2v) is 11.2. The number of nitrogens with one attached hydrogen (secondary N) is 1. The molecule has 39 heavy (non-hydrogen) atoms. The van der Waals surface area contributed by atoms with E-state index in [-0.39, 0.29) is 24.2 Å². The van der Waals surface area contributed by atoms with Crippen LogP contribution in [0.15, 0.2) is 41.4 Å². The van der Waals surface area contributed by atoms with Crippen molar-refractivity contribution in [2.45, 2.75) is 76.3 Å². The number of aliphatic imine (C=N–C) groups is 1. The first kappa shape index (κ1) is 26.9. The Morgan fingerprint density at radius 3 is 2.64 bits per heavy atom. The van der Waals surface area contributed by atoms with E-state index in [1.54, 1.807) is 24.3 Å². The van der Waals surface area contributed by atoms with Crippen molar-refractivity contribution >= 4 is 17.8 Å². The molecule has 0 saturated carbocycles. The third kappa shape index (κ3) is 4.82. The number of guanidine groups is 1. The molecule has 2 aromatic carbocycles. The lowest BCUT2D eigenvalue weighted by Crippen LogP contribution is -2.54. The highest BCUT2D eigenvalue weighted by Gasteiger charge is 2.45. The van der Waals surface area contributed by atoms with Gasteiger partial charge < -0.3 is 25.3 Å². The number of methoxy groups -OCH3 is 1. The van der Waals surface area contributed by atoms with Gasteiger partial charge in [0.2, 0.25) is 5.91 Å². The molecule has 0 aromatic heterocycles. The highest BCUT2D eigenvalue weighted by molar-refractivity contribution is 6.00. The maximum atomic E-state index is 14.2. The first-order valence-corrected chi connectivity index (χ1v) is 13.2. The summed E-state index contributed by atoms with van der Waals surface area (Å²) in [6.07, 6.45) is 0.875. The molecule has 3 aliphatic rings. The predicted molar refractivity (Wildman–Crippen MR) is 143 cm³/mol. The Hall–Kier alpha value is -3.66. The van der Waals surface area contributed by atoms with Gasteiger partial charge in [0.1, 0.15) is 29.0 Å². The average Bonchev–Trinajstić information content (AvgIpc) is 2.88. The van der Waals surface area contributed by atoms with Crippen LogP contribution in [-0.2, 0) is 9.53 Å². The van der Waals surface area contributed by atoms with Crippen LogP contribution in [0.2, 0.25) is 0 Å². The molecule has 10 heteroatoms. The zero-order valence-electron chi connectivity index (χ0n) is 22.9. The second kappa shape index (κ2) is 9.82. The van der Waals surface area contributed by atoms with Gasteiger partial charge >= 0.3 is 0 Å². The first-order chi connectivity index (χ1) is 18.5. The van der Waals surface area contributed by atoms with Gasteiger partial charge in [-0.25, -0.2) is 9.38 Å². The van der Waals surface area contributed by atoms with Gasteiger partial charge in [-0.05, 0) is 63.6 Å². The standard InChI is InChI=1S/C29H35FN4O5/c1-6-29(4)15-23(35)34(27(31)33-29)20-11-12-38-21-9-7-16(13-18(20)21)26(36)32-24-19-14-17(30)8-10-22(19)39-28(2,3)25(24)37-5/h7-10,13-14,20,24-25H,6,11-12,15H2,1-5H3,(H2,31,33)(H,32,36)/t20-,24-,25+,29-/m1/s1. The molecule has 3 heterocycles. The van der Waals surface area contributed by atoms with Gasteiger partial charge in [-0.1, -0.05) is 6.92 Å². The Kier molecular flexibility index (Phi) is 6.78. The second-order valence-electron chi connectivity index (χ2n) is 11.2. The van der Waals surface area contributed by atoms with Crippen molar-refractivity contribution in [1.29, 1.82) is 0 Å². The maximum absolute atomic E-state index is 14.2. The van der Waals surface area contributed by atoms with Crippen molar-refractivity contribution in [2.75, 3.05) is 13.7 Å². The zero-order valence-corrected chi connectivity index (χ0v) is 22.9. The lowest BCUT2D eigenvalue weighted by molar-refractivity contribution is -0.131. The zero-order chi connectivity index (χ0) is 28.1. The molecule has 3 N–H and O–H groups in total. The molecule has 0 spiro atoms. The topological polar surface area (TPSA) is 115 Å². The van der Waals surface area contributed by atoms with Crippen LogP contribution in [0, 0.1) is 5.82 Å². The molecule has 0 aliphatic carbocycles. The summed E-state index contributed by atoms with van der Waals surface area (Å²) in [6.45, 7) is 8.02. The third-order valence-corrected chi connectivity index (χ3v) is 7.99. The van der Waals surface area contributed by atoms with E-state index in [1.807, 2.05) is 27.7 Å². The summed E-state index contributed by atoms with van der Waals surface area (Å²) < 4.78 is 31.9. The molecule has 2 aromatic rings.